The number of nitrogens with zero attached hydrogens (tertiary/aromatic N) is 2. The molecule has 0 spiro atoms. The first-order valence-corrected chi connectivity index (χ1v) is 6.87. The van der Waals surface area contributed by atoms with Crippen LogP contribution in [-0.2, 0) is 11.3 Å². The molecule has 8 heteroatoms. The molecule has 0 saturated carbocycles. The number of aromatic nitrogens is 2. The number of aliphatic hydroxyl groups is 3. The highest BCUT2D eigenvalue weighted by molar-refractivity contribution is 5.05. The molecule has 1 saturated heterocycles. The maximum absolute atomic E-state index is 12.4. The van der Waals surface area contributed by atoms with Crippen molar-refractivity contribution >= 4 is 0 Å². The Morgan fingerprint density at radius 3 is 2.48 bits per heavy atom. The maximum Gasteiger partial charge on any atom is 0.333 e. The minimum absolute atomic E-state index is 0.258. The van der Waals surface area contributed by atoms with Crippen molar-refractivity contribution in [2.75, 3.05) is 6.61 Å². The molecular weight excluding hydrogens is 280 g/mol. The van der Waals surface area contributed by atoms with Gasteiger partial charge in [0.2, 0.25) is 0 Å². The minimum atomic E-state index is -1.35. The highest BCUT2D eigenvalue weighted by Gasteiger charge is 2.44. The topological polar surface area (TPSA) is 114 Å². The lowest BCUT2D eigenvalue weighted by molar-refractivity contribution is -0.0557. The summed E-state index contributed by atoms with van der Waals surface area (Å²) in [5, 5.41) is 28.8. The molecule has 4 atom stereocenters. The summed E-state index contributed by atoms with van der Waals surface area (Å²) in [6, 6.07) is 0. The van der Waals surface area contributed by atoms with Crippen LogP contribution < -0.4 is 11.2 Å². The Kier molecular flexibility index (Phi) is 4.62. The average Bonchev–Trinajstić information content (AvgIpc) is 2.75. The summed E-state index contributed by atoms with van der Waals surface area (Å²) in [5.41, 5.74) is -0.659. The molecular formula is C13H20N2O6. The van der Waals surface area contributed by atoms with E-state index in [0.29, 0.717) is 12.0 Å². The fourth-order valence-electron chi connectivity index (χ4n) is 2.47. The lowest BCUT2D eigenvalue weighted by Gasteiger charge is -2.19. The van der Waals surface area contributed by atoms with Gasteiger partial charge < -0.3 is 20.1 Å². The van der Waals surface area contributed by atoms with Gasteiger partial charge in [-0.25, -0.2) is 4.79 Å². The highest BCUT2D eigenvalue weighted by Crippen LogP contribution is 2.27. The van der Waals surface area contributed by atoms with Crippen LogP contribution in [-0.4, -0.2) is 49.4 Å². The van der Waals surface area contributed by atoms with E-state index in [0.717, 1.165) is 9.13 Å². The molecule has 1 aliphatic rings. The van der Waals surface area contributed by atoms with Crippen LogP contribution in [0.3, 0.4) is 0 Å². The second kappa shape index (κ2) is 6.10. The van der Waals surface area contributed by atoms with Gasteiger partial charge in [0.15, 0.2) is 6.23 Å². The Labute approximate surface area is 120 Å². The van der Waals surface area contributed by atoms with Crippen LogP contribution in [0.1, 0.15) is 25.1 Å². The number of rotatable bonds is 4. The van der Waals surface area contributed by atoms with Gasteiger partial charge in [-0.1, -0.05) is 6.92 Å². The normalized spacial score (nSPS) is 29.0. The van der Waals surface area contributed by atoms with E-state index in [9.17, 15) is 19.8 Å². The Morgan fingerprint density at radius 2 is 1.95 bits per heavy atom. The van der Waals surface area contributed by atoms with Gasteiger partial charge in [-0.05, 0) is 13.3 Å². The van der Waals surface area contributed by atoms with Crippen molar-refractivity contribution in [3.63, 3.8) is 0 Å². The monoisotopic (exact) mass is 300 g/mol. The second-order valence-electron chi connectivity index (χ2n) is 5.19. The van der Waals surface area contributed by atoms with E-state index in [2.05, 4.69) is 0 Å². The number of aliphatic hydroxyl groups excluding tert-OH is 3. The average molecular weight is 300 g/mol. The maximum atomic E-state index is 12.4. The van der Waals surface area contributed by atoms with Gasteiger partial charge >= 0.3 is 5.69 Å². The molecule has 2 heterocycles. The molecule has 8 nitrogen and oxygen atoms in total. The molecule has 1 aliphatic heterocycles. The highest BCUT2D eigenvalue weighted by atomic mass is 16.6. The third-order valence-electron chi connectivity index (χ3n) is 3.61. The molecule has 1 fully saturated rings. The molecule has 3 N–H and O–H groups in total. The lowest BCUT2D eigenvalue weighted by atomic mass is 10.1. The van der Waals surface area contributed by atoms with Crippen LogP contribution in [0.4, 0.5) is 0 Å². The van der Waals surface area contributed by atoms with E-state index in [1.54, 1.807) is 6.92 Å². The van der Waals surface area contributed by atoms with E-state index < -0.39 is 36.8 Å². The molecule has 1 unspecified atom stereocenters. The number of hydrogen-bond acceptors (Lipinski definition) is 6. The Morgan fingerprint density at radius 1 is 1.29 bits per heavy atom. The van der Waals surface area contributed by atoms with Crippen LogP contribution >= 0.6 is 0 Å². The summed E-state index contributed by atoms with van der Waals surface area (Å²) < 4.78 is 7.49. The third kappa shape index (κ3) is 2.67. The minimum Gasteiger partial charge on any atom is -0.394 e. The van der Waals surface area contributed by atoms with Crippen molar-refractivity contribution in [3.05, 3.63) is 32.6 Å². The van der Waals surface area contributed by atoms with Gasteiger partial charge in [-0.3, -0.25) is 13.9 Å². The molecule has 118 valence electrons. The summed E-state index contributed by atoms with van der Waals surface area (Å²) in [6.07, 6.45) is -2.84. The first kappa shape index (κ1) is 15.9. The van der Waals surface area contributed by atoms with Gasteiger partial charge in [0.05, 0.1) is 6.61 Å². The van der Waals surface area contributed by atoms with Gasteiger partial charge in [0.1, 0.15) is 18.3 Å². The molecule has 0 radical (unpaired) electrons. The molecule has 1 aromatic heterocycles. The van der Waals surface area contributed by atoms with E-state index in [4.69, 9.17) is 9.84 Å². The Hall–Kier alpha value is -1.48. The summed E-state index contributed by atoms with van der Waals surface area (Å²) in [5.74, 6) is 0. The predicted octanol–water partition coefficient (Wildman–Crippen LogP) is -1.66. The first-order valence-electron chi connectivity index (χ1n) is 6.87. The molecule has 0 aromatic carbocycles. The molecule has 1 aromatic rings. The first-order chi connectivity index (χ1) is 9.92. The summed E-state index contributed by atoms with van der Waals surface area (Å²) in [4.78, 5) is 24.3. The fraction of sp³-hybridized carbons (Fsp3) is 0.692. The van der Waals surface area contributed by atoms with Crippen LogP contribution in [0.5, 0.6) is 0 Å². The van der Waals surface area contributed by atoms with Gasteiger partial charge in [-0.2, -0.15) is 0 Å². The second-order valence-corrected chi connectivity index (χ2v) is 5.19. The zero-order chi connectivity index (χ0) is 15.7. The molecule has 0 bridgehead atoms. The van der Waals surface area contributed by atoms with E-state index in [1.165, 1.54) is 6.20 Å². The van der Waals surface area contributed by atoms with E-state index in [-0.39, 0.29) is 12.1 Å². The van der Waals surface area contributed by atoms with Crippen molar-refractivity contribution in [2.24, 2.45) is 0 Å². The van der Waals surface area contributed by atoms with Crippen molar-refractivity contribution in [1.29, 1.82) is 0 Å². The summed E-state index contributed by atoms with van der Waals surface area (Å²) in [6.45, 7) is 3.18. The SMILES string of the molecule is CCCn1c(=O)c(C)cn([C@@H]2O[C@H](CO)C(O)[C@H]2O)c1=O. The van der Waals surface area contributed by atoms with Crippen molar-refractivity contribution in [2.45, 2.75) is 51.4 Å². The number of hydrogen-bond donors (Lipinski definition) is 3. The zero-order valence-corrected chi connectivity index (χ0v) is 12.0. The summed E-state index contributed by atoms with van der Waals surface area (Å²) >= 11 is 0. The third-order valence-corrected chi connectivity index (χ3v) is 3.61. The van der Waals surface area contributed by atoms with Crippen molar-refractivity contribution in [3.8, 4) is 0 Å². The van der Waals surface area contributed by atoms with E-state index in [1.807, 2.05) is 6.92 Å². The predicted molar refractivity (Wildman–Crippen MR) is 73.0 cm³/mol. The van der Waals surface area contributed by atoms with Crippen LogP contribution in [0.2, 0.25) is 0 Å². The van der Waals surface area contributed by atoms with Gasteiger partial charge in [0, 0.05) is 18.3 Å². The van der Waals surface area contributed by atoms with Crippen molar-refractivity contribution in [1.82, 2.24) is 9.13 Å². The van der Waals surface area contributed by atoms with Crippen LogP contribution in [0.15, 0.2) is 15.8 Å². The van der Waals surface area contributed by atoms with E-state index >= 15 is 0 Å². The van der Waals surface area contributed by atoms with Gasteiger partial charge in [-0.15, -0.1) is 0 Å². The molecule has 2 rings (SSSR count). The number of aryl methyl sites for hydroxylation is 1. The lowest BCUT2D eigenvalue weighted by Crippen LogP contribution is -2.44. The smallest absolute Gasteiger partial charge is 0.333 e. The zero-order valence-electron chi connectivity index (χ0n) is 12.0. The summed E-state index contributed by atoms with van der Waals surface area (Å²) in [7, 11) is 0. The molecule has 21 heavy (non-hydrogen) atoms. The standard InChI is InChI=1S/C13H20N2O6/c1-3-4-14-11(19)7(2)5-15(13(14)20)12-10(18)9(17)8(6-16)21-12/h5,8-10,12,16-18H,3-4,6H2,1-2H3/t8-,9?,10-,12-/m1/s1. The number of ether oxygens (including phenoxy) is 1. The fourth-order valence-corrected chi connectivity index (χ4v) is 2.47. The quantitative estimate of drug-likeness (QED) is 0.613. The Balaban J connectivity index is 2.50. The Bertz CT molecular complexity index is 622. The largest absolute Gasteiger partial charge is 0.394 e. The van der Waals surface area contributed by atoms with Crippen LogP contribution in [0, 0.1) is 6.92 Å². The van der Waals surface area contributed by atoms with Crippen molar-refractivity contribution < 1.29 is 20.1 Å². The van der Waals surface area contributed by atoms with Gasteiger partial charge in [0.25, 0.3) is 5.56 Å². The molecule has 0 amide bonds. The van der Waals surface area contributed by atoms with Crippen LogP contribution in [0.25, 0.3) is 0 Å². The molecule has 0 aliphatic carbocycles.